The van der Waals surface area contributed by atoms with Crippen molar-refractivity contribution in [3.63, 3.8) is 0 Å². The maximum absolute atomic E-state index is 9.42. The molecule has 4 nitrogen and oxygen atoms in total. The molecule has 1 fully saturated rings. The van der Waals surface area contributed by atoms with Gasteiger partial charge in [0, 0.05) is 12.5 Å². The van der Waals surface area contributed by atoms with Crippen molar-refractivity contribution < 1.29 is 5.11 Å². The number of nitrogens with zero attached hydrogens (tertiary/aromatic N) is 3. The van der Waals surface area contributed by atoms with Gasteiger partial charge in [-0.15, -0.1) is 0 Å². The third-order valence-electron chi connectivity index (χ3n) is 3.70. The van der Waals surface area contributed by atoms with Crippen molar-refractivity contribution in [3.8, 4) is 6.07 Å². The van der Waals surface area contributed by atoms with Gasteiger partial charge in [-0.05, 0) is 38.0 Å². The van der Waals surface area contributed by atoms with Gasteiger partial charge in [0.1, 0.15) is 5.82 Å². The lowest BCUT2D eigenvalue weighted by atomic mass is 9.82. The molecule has 1 aliphatic rings. The van der Waals surface area contributed by atoms with Gasteiger partial charge in [-0.25, -0.2) is 4.98 Å². The summed E-state index contributed by atoms with van der Waals surface area (Å²) in [7, 11) is 0. The molecule has 1 aliphatic carbocycles. The number of fused-ring (bicyclic) bond motifs is 1. The van der Waals surface area contributed by atoms with Gasteiger partial charge in [0.2, 0.25) is 0 Å². The van der Waals surface area contributed by atoms with Crippen LogP contribution in [0.25, 0.3) is 11.0 Å². The fourth-order valence-electron chi connectivity index (χ4n) is 2.66. The van der Waals surface area contributed by atoms with E-state index >= 15 is 0 Å². The summed E-state index contributed by atoms with van der Waals surface area (Å²) >= 11 is 0. The second-order valence-corrected chi connectivity index (χ2v) is 4.85. The molecule has 0 spiro atoms. The topological polar surface area (TPSA) is 61.8 Å². The number of imidazole rings is 1. The van der Waals surface area contributed by atoms with E-state index < -0.39 is 0 Å². The Kier molecular flexibility index (Phi) is 2.57. The van der Waals surface area contributed by atoms with Crippen molar-refractivity contribution >= 4 is 11.0 Å². The first-order chi connectivity index (χ1) is 8.72. The highest BCUT2D eigenvalue weighted by atomic mass is 16.3. The monoisotopic (exact) mass is 241 g/mol. The second kappa shape index (κ2) is 4.11. The first kappa shape index (κ1) is 11.2. The van der Waals surface area contributed by atoms with E-state index in [-0.39, 0.29) is 6.10 Å². The van der Waals surface area contributed by atoms with Crippen molar-refractivity contribution in [3.05, 3.63) is 29.6 Å². The Balaban J connectivity index is 2.11. The summed E-state index contributed by atoms with van der Waals surface area (Å²) in [5.74, 6) is 1.41. The third-order valence-corrected chi connectivity index (χ3v) is 3.70. The van der Waals surface area contributed by atoms with Crippen molar-refractivity contribution in [2.75, 3.05) is 0 Å². The average Bonchev–Trinajstić information content (AvgIpc) is 2.71. The highest BCUT2D eigenvalue weighted by Crippen LogP contribution is 2.37. The summed E-state index contributed by atoms with van der Waals surface area (Å²) < 4.78 is 2.19. The Bertz CT molecular complexity index is 632. The maximum Gasteiger partial charge on any atom is 0.113 e. The lowest BCUT2D eigenvalue weighted by Gasteiger charge is -2.31. The molecule has 1 heterocycles. The molecular formula is C14H15N3O. The number of nitriles is 1. The lowest BCUT2D eigenvalue weighted by Crippen LogP contribution is -2.28. The molecule has 1 aromatic carbocycles. The summed E-state index contributed by atoms with van der Waals surface area (Å²) in [4.78, 5) is 4.65. The van der Waals surface area contributed by atoms with E-state index in [0.717, 1.165) is 36.2 Å². The third kappa shape index (κ3) is 1.59. The Morgan fingerprint density at radius 2 is 2.28 bits per heavy atom. The van der Waals surface area contributed by atoms with E-state index in [9.17, 15) is 5.11 Å². The molecule has 4 heteroatoms. The first-order valence-electron chi connectivity index (χ1n) is 6.31. The summed E-state index contributed by atoms with van der Waals surface area (Å²) in [5.41, 5.74) is 2.60. The van der Waals surface area contributed by atoms with E-state index in [0.29, 0.717) is 11.5 Å². The highest BCUT2D eigenvalue weighted by molar-refractivity contribution is 5.78. The number of aromatic nitrogens is 2. The largest absolute Gasteiger partial charge is 0.393 e. The molecular weight excluding hydrogens is 226 g/mol. The minimum absolute atomic E-state index is 0.171. The van der Waals surface area contributed by atoms with Crippen LogP contribution in [0, 0.1) is 11.3 Å². The molecule has 92 valence electrons. The SMILES string of the molecule is CCn1c(C2CC(O)C2)nc2cc(C#N)ccc21. The number of hydrogen-bond acceptors (Lipinski definition) is 3. The molecule has 0 bridgehead atoms. The average molecular weight is 241 g/mol. The quantitative estimate of drug-likeness (QED) is 0.876. The van der Waals surface area contributed by atoms with Crippen molar-refractivity contribution in [2.45, 2.75) is 38.3 Å². The van der Waals surface area contributed by atoms with Crippen LogP contribution < -0.4 is 0 Å². The van der Waals surface area contributed by atoms with Gasteiger partial charge in [0.05, 0.1) is 28.8 Å². The van der Waals surface area contributed by atoms with E-state index in [1.807, 2.05) is 18.2 Å². The first-order valence-corrected chi connectivity index (χ1v) is 6.31. The van der Waals surface area contributed by atoms with Crippen LogP contribution in [-0.2, 0) is 6.54 Å². The van der Waals surface area contributed by atoms with E-state index in [2.05, 4.69) is 22.5 Å². The van der Waals surface area contributed by atoms with Crippen LogP contribution in [0.4, 0.5) is 0 Å². The van der Waals surface area contributed by atoms with Gasteiger partial charge >= 0.3 is 0 Å². The zero-order valence-electron chi connectivity index (χ0n) is 10.3. The summed E-state index contributed by atoms with van der Waals surface area (Å²) in [6.45, 7) is 2.96. The fourth-order valence-corrected chi connectivity index (χ4v) is 2.66. The summed E-state index contributed by atoms with van der Waals surface area (Å²) in [6, 6.07) is 7.76. The Labute approximate surface area is 105 Å². The molecule has 0 atom stereocenters. The summed E-state index contributed by atoms with van der Waals surface area (Å²) in [5, 5.41) is 18.3. The molecule has 18 heavy (non-hydrogen) atoms. The van der Waals surface area contributed by atoms with Crippen molar-refractivity contribution in [2.24, 2.45) is 0 Å². The van der Waals surface area contributed by atoms with Crippen LogP contribution in [0.5, 0.6) is 0 Å². The van der Waals surface area contributed by atoms with E-state index in [1.165, 1.54) is 0 Å². The number of benzene rings is 1. The van der Waals surface area contributed by atoms with Gasteiger partial charge in [-0.1, -0.05) is 0 Å². The lowest BCUT2D eigenvalue weighted by molar-refractivity contribution is 0.0706. The number of rotatable bonds is 2. The molecule has 1 aromatic heterocycles. The van der Waals surface area contributed by atoms with Crippen LogP contribution in [0.2, 0.25) is 0 Å². The number of aliphatic hydroxyl groups excluding tert-OH is 1. The van der Waals surface area contributed by atoms with E-state index in [1.54, 1.807) is 0 Å². The van der Waals surface area contributed by atoms with Crippen molar-refractivity contribution in [1.29, 1.82) is 5.26 Å². The van der Waals surface area contributed by atoms with E-state index in [4.69, 9.17) is 5.26 Å². The van der Waals surface area contributed by atoms with Gasteiger partial charge in [-0.2, -0.15) is 5.26 Å². The smallest absolute Gasteiger partial charge is 0.113 e. The van der Waals surface area contributed by atoms with Crippen LogP contribution in [0.1, 0.15) is 37.1 Å². The minimum Gasteiger partial charge on any atom is -0.393 e. The van der Waals surface area contributed by atoms with Gasteiger partial charge in [-0.3, -0.25) is 0 Å². The second-order valence-electron chi connectivity index (χ2n) is 4.85. The molecule has 2 aromatic rings. The summed E-state index contributed by atoms with van der Waals surface area (Å²) in [6.07, 6.45) is 1.43. The molecule has 0 aliphatic heterocycles. The Morgan fingerprint density at radius 3 is 2.89 bits per heavy atom. The number of aryl methyl sites for hydroxylation is 1. The predicted octanol–water partition coefficient (Wildman–Crippen LogP) is 2.17. The molecule has 0 unspecified atom stereocenters. The number of aliphatic hydroxyl groups is 1. The number of hydrogen-bond donors (Lipinski definition) is 1. The molecule has 1 saturated carbocycles. The van der Waals surface area contributed by atoms with Crippen LogP contribution in [-0.4, -0.2) is 20.8 Å². The highest BCUT2D eigenvalue weighted by Gasteiger charge is 2.32. The van der Waals surface area contributed by atoms with Gasteiger partial charge in [0.15, 0.2) is 0 Å². The molecule has 1 N–H and O–H groups in total. The predicted molar refractivity (Wildman–Crippen MR) is 68.1 cm³/mol. The minimum atomic E-state index is -0.171. The van der Waals surface area contributed by atoms with Gasteiger partial charge < -0.3 is 9.67 Å². The normalized spacial score (nSPS) is 22.7. The Hall–Kier alpha value is -1.86. The fraction of sp³-hybridized carbons (Fsp3) is 0.429. The molecule has 0 radical (unpaired) electrons. The zero-order valence-corrected chi connectivity index (χ0v) is 10.3. The standard InChI is InChI=1S/C14H15N3O/c1-2-17-13-4-3-9(8-15)5-12(13)16-14(17)10-6-11(18)7-10/h3-5,10-11,18H,2,6-7H2,1H3. The van der Waals surface area contributed by atoms with Crippen LogP contribution in [0.15, 0.2) is 18.2 Å². The molecule has 0 saturated heterocycles. The molecule has 0 amide bonds. The van der Waals surface area contributed by atoms with Gasteiger partial charge in [0.25, 0.3) is 0 Å². The molecule has 3 rings (SSSR count). The Morgan fingerprint density at radius 1 is 1.50 bits per heavy atom. The maximum atomic E-state index is 9.42. The van der Waals surface area contributed by atoms with Crippen LogP contribution in [0.3, 0.4) is 0 Å². The zero-order chi connectivity index (χ0) is 12.7. The van der Waals surface area contributed by atoms with Crippen molar-refractivity contribution in [1.82, 2.24) is 9.55 Å². The van der Waals surface area contributed by atoms with Crippen LogP contribution >= 0.6 is 0 Å².